The molecule has 2 fully saturated rings. The van der Waals surface area contributed by atoms with Gasteiger partial charge in [0.05, 0.1) is 6.67 Å². The zero-order chi connectivity index (χ0) is 13.5. The molecule has 19 heavy (non-hydrogen) atoms. The Kier molecular flexibility index (Phi) is 2.97. The molecule has 0 aromatic rings. The fraction of sp³-hybridized carbons (Fsp3) is 0.692. The standard InChI is InChI=1S/C13H22N6/c1-13(5-6-13)17-10-3-4-11(16-12(14)15-10)19-8-7-18(2)9-19/h4H,3,5-9H2,1-2H3,(H3,14,15,16,17). The molecule has 3 N–H and O–H groups in total. The molecule has 0 radical (unpaired) electrons. The SMILES string of the molecule is CN1CCN(C2=CCC(NC3(C)CC3)=NC(N)=N2)C1. The number of hydrogen-bond donors (Lipinski definition) is 2. The molecule has 6 heteroatoms. The van der Waals surface area contributed by atoms with Crippen molar-refractivity contribution in [3.8, 4) is 0 Å². The van der Waals surface area contributed by atoms with E-state index in [1.807, 2.05) is 0 Å². The second-order valence-electron chi connectivity index (χ2n) is 5.97. The zero-order valence-corrected chi connectivity index (χ0v) is 11.7. The lowest BCUT2D eigenvalue weighted by Crippen LogP contribution is -2.35. The molecule has 3 rings (SSSR count). The molecule has 0 bridgehead atoms. The Balaban J connectivity index is 1.71. The normalized spacial score (nSPS) is 26.4. The summed E-state index contributed by atoms with van der Waals surface area (Å²) >= 11 is 0. The molecule has 104 valence electrons. The van der Waals surface area contributed by atoms with Crippen LogP contribution in [-0.4, -0.2) is 53.9 Å². The molecule has 2 aliphatic heterocycles. The van der Waals surface area contributed by atoms with E-state index in [9.17, 15) is 0 Å². The van der Waals surface area contributed by atoms with Crippen molar-refractivity contribution < 1.29 is 0 Å². The molecule has 2 heterocycles. The van der Waals surface area contributed by atoms with Crippen molar-refractivity contribution in [1.29, 1.82) is 0 Å². The lowest BCUT2D eigenvalue weighted by molar-refractivity contribution is 0.321. The molecule has 0 unspecified atom stereocenters. The first-order valence-corrected chi connectivity index (χ1v) is 6.88. The summed E-state index contributed by atoms with van der Waals surface area (Å²) in [5.41, 5.74) is 6.13. The zero-order valence-electron chi connectivity index (χ0n) is 11.7. The van der Waals surface area contributed by atoms with E-state index in [4.69, 9.17) is 5.73 Å². The van der Waals surface area contributed by atoms with Crippen LogP contribution in [0.2, 0.25) is 0 Å². The maximum absolute atomic E-state index is 5.90. The lowest BCUT2D eigenvalue weighted by Gasteiger charge is -2.17. The summed E-state index contributed by atoms with van der Waals surface area (Å²) in [4.78, 5) is 13.3. The van der Waals surface area contributed by atoms with Gasteiger partial charge in [-0.1, -0.05) is 0 Å². The van der Waals surface area contributed by atoms with Crippen LogP contribution in [0.4, 0.5) is 0 Å². The molecule has 1 aliphatic carbocycles. The highest BCUT2D eigenvalue weighted by Gasteiger charge is 2.38. The predicted molar refractivity (Wildman–Crippen MR) is 76.7 cm³/mol. The first kappa shape index (κ1) is 12.5. The van der Waals surface area contributed by atoms with Gasteiger partial charge >= 0.3 is 0 Å². The molecule has 3 aliphatic rings. The van der Waals surface area contributed by atoms with E-state index in [0.29, 0.717) is 5.96 Å². The summed E-state index contributed by atoms with van der Waals surface area (Å²) in [6, 6.07) is 0. The number of rotatable bonds is 2. The Hall–Kier alpha value is -1.56. The maximum atomic E-state index is 5.90. The third-order valence-corrected chi connectivity index (χ3v) is 3.89. The molecule has 1 saturated carbocycles. The van der Waals surface area contributed by atoms with E-state index in [1.54, 1.807) is 0 Å². The van der Waals surface area contributed by atoms with E-state index in [1.165, 1.54) is 12.8 Å². The highest BCUT2D eigenvalue weighted by atomic mass is 15.4. The van der Waals surface area contributed by atoms with Crippen molar-refractivity contribution in [2.45, 2.75) is 31.7 Å². The average molecular weight is 262 g/mol. The fourth-order valence-corrected chi connectivity index (χ4v) is 2.41. The fourth-order valence-electron chi connectivity index (χ4n) is 2.41. The molecule has 0 amide bonds. The van der Waals surface area contributed by atoms with Gasteiger partial charge < -0.3 is 16.0 Å². The molecule has 0 aromatic heterocycles. The highest BCUT2D eigenvalue weighted by Crippen LogP contribution is 2.34. The summed E-state index contributed by atoms with van der Waals surface area (Å²) in [6.07, 6.45) is 5.30. The number of aliphatic imine (C=N–C) groups is 2. The number of likely N-dealkylation sites (N-methyl/N-ethyl adjacent to an activating group) is 1. The third-order valence-electron chi connectivity index (χ3n) is 3.89. The van der Waals surface area contributed by atoms with Crippen LogP contribution in [0.5, 0.6) is 0 Å². The first-order chi connectivity index (χ1) is 9.04. The van der Waals surface area contributed by atoms with Gasteiger partial charge in [0.2, 0.25) is 5.96 Å². The number of nitrogens with zero attached hydrogens (tertiary/aromatic N) is 4. The minimum absolute atomic E-state index is 0.227. The van der Waals surface area contributed by atoms with Crippen molar-refractivity contribution in [3.05, 3.63) is 11.9 Å². The Morgan fingerprint density at radius 2 is 2.11 bits per heavy atom. The smallest absolute Gasteiger partial charge is 0.223 e. The molecule has 0 aromatic carbocycles. The monoisotopic (exact) mass is 262 g/mol. The topological polar surface area (TPSA) is 69.2 Å². The summed E-state index contributed by atoms with van der Waals surface area (Å²) in [5, 5.41) is 3.48. The van der Waals surface area contributed by atoms with E-state index < -0.39 is 0 Å². The minimum Gasteiger partial charge on any atom is -0.368 e. The van der Waals surface area contributed by atoms with Gasteiger partial charge in [-0.05, 0) is 32.9 Å². The van der Waals surface area contributed by atoms with Crippen LogP contribution in [0.3, 0.4) is 0 Å². The summed E-state index contributed by atoms with van der Waals surface area (Å²) < 4.78 is 0. The van der Waals surface area contributed by atoms with E-state index >= 15 is 0 Å². The average Bonchev–Trinajstić information content (AvgIpc) is 2.96. The van der Waals surface area contributed by atoms with Crippen LogP contribution in [0, 0.1) is 0 Å². The maximum Gasteiger partial charge on any atom is 0.223 e. The van der Waals surface area contributed by atoms with Gasteiger partial charge in [-0.2, -0.15) is 4.99 Å². The third kappa shape index (κ3) is 2.89. The highest BCUT2D eigenvalue weighted by molar-refractivity contribution is 5.97. The Morgan fingerprint density at radius 3 is 2.74 bits per heavy atom. The van der Waals surface area contributed by atoms with E-state index in [-0.39, 0.29) is 5.54 Å². The summed E-state index contributed by atoms with van der Waals surface area (Å²) in [6.45, 7) is 5.19. The van der Waals surface area contributed by atoms with Crippen LogP contribution in [-0.2, 0) is 0 Å². The lowest BCUT2D eigenvalue weighted by atomic mass is 10.2. The van der Waals surface area contributed by atoms with Crippen LogP contribution >= 0.6 is 0 Å². The van der Waals surface area contributed by atoms with Crippen molar-refractivity contribution in [1.82, 2.24) is 15.1 Å². The molecular weight excluding hydrogens is 240 g/mol. The molecular formula is C13H22N6. The number of amidine groups is 1. The van der Waals surface area contributed by atoms with Gasteiger partial charge in [0, 0.05) is 25.0 Å². The summed E-state index contributed by atoms with van der Waals surface area (Å²) in [7, 11) is 2.11. The quantitative estimate of drug-likeness (QED) is 0.750. The Labute approximate surface area is 114 Å². The largest absolute Gasteiger partial charge is 0.368 e. The molecule has 6 nitrogen and oxygen atoms in total. The van der Waals surface area contributed by atoms with Crippen molar-refractivity contribution in [2.75, 3.05) is 26.8 Å². The van der Waals surface area contributed by atoms with Gasteiger partial charge in [-0.25, -0.2) is 4.99 Å². The minimum atomic E-state index is 0.227. The molecule has 0 spiro atoms. The number of guanidine groups is 1. The van der Waals surface area contributed by atoms with Gasteiger partial charge in [0.25, 0.3) is 0 Å². The van der Waals surface area contributed by atoms with Crippen LogP contribution in [0.15, 0.2) is 21.9 Å². The van der Waals surface area contributed by atoms with Crippen molar-refractivity contribution >= 4 is 11.8 Å². The summed E-state index contributed by atoms with van der Waals surface area (Å²) in [5.74, 6) is 2.23. The molecule has 1 saturated heterocycles. The Bertz CT molecular complexity index is 460. The van der Waals surface area contributed by atoms with Crippen LogP contribution in [0.25, 0.3) is 0 Å². The van der Waals surface area contributed by atoms with Crippen molar-refractivity contribution in [2.24, 2.45) is 15.7 Å². The van der Waals surface area contributed by atoms with E-state index in [2.05, 4.69) is 45.1 Å². The molecule has 0 atom stereocenters. The number of nitrogens with two attached hydrogens (primary N) is 1. The second-order valence-corrected chi connectivity index (χ2v) is 5.97. The Morgan fingerprint density at radius 1 is 1.32 bits per heavy atom. The van der Waals surface area contributed by atoms with E-state index in [0.717, 1.165) is 37.8 Å². The van der Waals surface area contributed by atoms with Crippen LogP contribution in [0.1, 0.15) is 26.2 Å². The van der Waals surface area contributed by atoms with Gasteiger partial charge in [0.1, 0.15) is 11.7 Å². The van der Waals surface area contributed by atoms with Gasteiger partial charge in [-0.15, -0.1) is 0 Å². The number of hydrogen-bond acceptors (Lipinski definition) is 6. The van der Waals surface area contributed by atoms with Crippen molar-refractivity contribution in [3.63, 3.8) is 0 Å². The van der Waals surface area contributed by atoms with Gasteiger partial charge in [-0.3, -0.25) is 4.90 Å². The second kappa shape index (κ2) is 4.52. The van der Waals surface area contributed by atoms with Gasteiger partial charge in [0.15, 0.2) is 0 Å². The predicted octanol–water partition coefficient (Wildman–Crippen LogP) is 0.292. The van der Waals surface area contributed by atoms with Crippen LogP contribution < -0.4 is 11.1 Å². The first-order valence-electron chi connectivity index (χ1n) is 6.88. The number of nitrogens with one attached hydrogen (secondary N) is 1.